The summed E-state index contributed by atoms with van der Waals surface area (Å²) in [7, 11) is 0. The SMILES string of the molecule is C[C@@H](Sc1ccc(Cl)cc1)C(=O)NC[C@H]1CCCO1. The summed E-state index contributed by atoms with van der Waals surface area (Å²) in [4.78, 5) is 13.0. The van der Waals surface area contributed by atoms with Crippen LogP contribution in [0.25, 0.3) is 0 Å². The second-order valence-electron chi connectivity index (χ2n) is 4.59. The molecule has 1 saturated heterocycles. The van der Waals surface area contributed by atoms with E-state index in [0.717, 1.165) is 24.3 Å². The van der Waals surface area contributed by atoms with Crippen molar-refractivity contribution in [1.29, 1.82) is 0 Å². The molecule has 1 fully saturated rings. The lowest BCUT2D eigenvalue weighted by molar-refractivity contribution is -0.120. The molecule has 5 heteroatoms. The fourth-order valence-corrected chi connectivity index (χ4v) is 2.95. The highest BCUT2D eigenvalue weighted by molar-refractivity contribution is 8.00. The van der Waals surface area contributed by atoms with Crippen molar-refractivity contribution in [2.24, 2.45) is 0 Å². The number of nitrogens with one attached hydrogen (secondary N) is 1. The first-order valence-corrected chi connectivity index (χ1v) is 7.72. The summed E-state index contributed by atoms with van der Waals surface area (Å²) in [5.74, 6) is 0.0513. The van der Waals surface area contributed by atoms with E-state index in [1.54, 1.807) is 0 Å². The Hall–Kier alpha value is -0.710. The summed E-state index contributed by atoms with van der Waals surface area (Å²) in [5, 5.41) is 3.53. The number of carbonyl (C=O) groups excluding carboxylic acids is 1. The highest BCUT2D eigenvalue weighted by Crippen LogP contribution is 2.24. The van der Waals surface area contributed by atoms with E-state index in [-0.39, 0.29) is 17.3 Å². The van der Waals surface area contributed by atoms with E-state index in [2.05, 4.69) is 5.32 Å². The summed E-state index contributed by atoms with van der Waals surface area (Å²) in [5.41, 5.74) is 0. The zero-order valence-corrected chi connectivity index (χ0v) is 12.5. The van der Waals surface area contributed by atoms with Crippen molar-refractivity contribution in [3.8, 4) is 0 Å². The highest BCUT2D eigenvalue weighted by Gasteiger charge is 2.19. The van der Waals surface area contributed by atoms with Gasteiger partial charge in [-0.15, -0.1) is 11.8 Å². The molecular weight excluding hydrogens is 282 g/mol. The van der Waals surface area contributed by atoms with Crippen LogP contribution in [0.1, 0.15) is 19.8 Å². The molecule has 0 aliphatic carbocycles. The number of hydrogen-bond acceptors (Lipinski definition) is 3. The zero-order valence-electron chi connectivity index (χ0n) is 10.9. The normalized spacial score (nSPS) is 20.2. The first-order chi connectivity index (χ1) is 9.15. The van der Waals surface area contributed by atoms with Crippen LogP contribution in [0.2, 0.25) is 5.02 Å². The van der Waals surface area contributed by atoms with Gasteiger partial charge < -0.3 is 10.1 Å². The molecule has 0 bridgehead atoms. The van der Waals surface area contributed by atoms with Crippen molar-refractivity contribution >= 4 is 29.3 Å². The largest absolute Gasteiger partial charge is 0.376 e. The number of carbonyl (C=O) groups is 1. The molecular formula is C14H18ClNO2S. The maximum atomic E-state index is 12.0. The van der Waals surface area contributed by atoms with Crippen LogP contribution in [0, 0.1) is 0 Å². The number of ether oxygens (including phenoxy) is 1. The van der Waals surface area contributed by atoms with Crippen molar-refractivity contribution in [2.75, 3.05) is 13.2 Å². The summed E-state index contributed by atoms with van der Waals surface area (Å²) >= 11 is 7.36. The highest BCUT2D eigenvalue weighted by atomic mass is 35.5. The van der Waals surface area contributed by atoms with Crippen LogP contribution >= 0.6 is 23.4 Å². The summed E-state index contributed by atoms with van der Waals surface area (Å²) in [6.45, 7) is 3.34. The fourth-order valence-electron chi connectivity index (χ4n) is 1.93. The maximum absolute atomic E-state index is 12.0. The third-order valence-electron chi connectivity index (χ3n) is 3.02. The second kappa shape index (κ2) is 7.17. The smallest absolute Gasteiger partial charge is 0.233 e. The van der Waals surface area contributed by atoms with Crippen molar-refractivity contribution in [3.05, 3.63) is 29.3 Å². The van der Waals surface area contributed by atoms with Crippen LogP contribution in [0.5, 0.6) is 0 Å². The van der Waals surface area contributed by atoms with E-state index in [1.165, 1.54) is 11.8 Å². The predicted octanol–water partition coefficient (Wildman–Crippen LogP) is 3.12. The van der Waals surface area contributed by atoms with Crippen LogP contribution < -0.4 is 5.32 Å². The van der Waals surface area contributed by atoms with E-state index in [4.69, 9.17) is 16.3 Å². The van der Waals surface area contributed by atoms with Gasteiger partial charge in [0.25, 0.3) is 0 Å². The quantitative estimate of drug-likeness (QED) is 0.849. The molecule has 104 valence electrons. The van der Waals surface area contributed by atoms with Gasteiger partial charge in [0, 0.05) is 23.1 Å². The second-order valence-corrected chi connectivity index (χ2v) is 6.44. The standard InChI is InChI=1S/C14H18ClNO2S/c1-10(19-13-6-4-11(15)5-7-13)14(17)16-9-12-3-2-8-18-12/h4-7,10,12H,2-3,8-9H2,1H3,(H,16,17)/t10-,12-/m1/s1. The van der Waals surface area contributed by atoms with Gasteiger partial charge in [-0.1, -0.05) is 11.6 Å². The summed E-state index contributed by atoms with van der Waals surface area (Å²) < 4.78 is 5.48. The Balaban J connectivity index is 1.76. The minimum Gasteiger partial charge on any atom is -0.376 e. The Labute approximate surface area is 123 Å². The van der Waals surface area contributed by atoms with E-state index >= 15 is 0 Å². The number of halogens is 1. The third-order valence-corrected chi connectivity index (χ3v) is 4.39. The molecule has 0 saturated carbocycles. The molecule has 2 atom stereocenters. The number of hydrogen-bond donors (Lipinski definition) is 1. The molecule has 0 aromatic heterocycles. The fraction of sp³-hybridized carbons (Fsp3) is 0.500. The molecule has 1 amide bonds. The van der Waals surface area contributed by atoms with Gasteiger partial charge in [-0.2, -0.15) is 0 Å². The summed E-state index contributed by atoms with van der Waals surface area (Å²) in [6.07, 6.45) is 2.32. The topological polar surface area (TPSA) is 38.3 Å². The van der Waals surface area contributed by atoms with Crippen LogP contribution in [0.15, 0.2) is 29.2 Å². The van der Waals surface area contributed by atoms with E-state index < -0.39 is 0 Å². The minimum absolute atomic E-state index is 0.0513. The molecule has 1 aliphatic rings. The van der Waals surface area contributed by atoms with Gasteiger partial charge in [-0.25, -0.2) is 0 Å². The number of amides is 1. The Kier molecular flexibility index (Phi) is 5.55. The molecule has 0 unspecified atom stereocenters. The summed E-state index contributed by atoms with van der Waals surface area (Å²) in [6, 6.07) is 7.52. The average Bonchev–Trinajstić information content (AvgIpc) is 2.91. The van der Waals surface area contributed by atoms with Crippen molar-refractivity contribution in [3.63, 3.8) is 0 Å². The van der Waals surface area contributed by atoms with Crippen LogP contribution in [-0.4, -0.2) is 30.4 Å². The van der Waals surface area contributed by atoms with Crippen molar-refractivity contribution < 1.29 is 9.53 Å². The van der Waals surface area contributed by atoms with Gasteiger partial charge >= 0.3 is 0 Å². The molecule has 3 nitrogen and oxygen atoms in total. The molecule has 0 radical (unpaired) electrons. The molecule has 1 N–H and O–H groups in total. The number of thioether (sulfide) groups is 1. The van der Waals surface area contributed by atoms with Gasteiger partial charge in [0.1, 0.15) is 0 Å². The van der Waals surface area contributed by atoms with Gasteiger partial charge in [0.15, 0.2) is 0 Å². The van der Waals surface area contributed by atoms with Gasteiger partial charge in [0.2, 0.25) is 5.91 Å². The Morgan fingerprint density at radius 2 is 2.26 bits per heavy atom. The number of rotatable bonds is 5. The van der Waals surface area contributed by atoms with Gasteiger partial charge in [-0.05, 0) is 44.0 Å². The molecule has 19 heavy (non-hydrogen) atoms. The Bertz CT molecular complexity index is 418. The molecule has 1 aromatic carbocycles. The van der Waals surface area contributed by atoms with Crippen LogP contribution in [0.4, 0.5) is 0 Å². The van der Waals surface area contributed by atoms with Crippen molar-refractivity contribution in [2.45, 2.75) is 36.0 Å². The lowest BCUT2D eigenvalue weighted by atomic mass is 10.2. The average molecular weight is 300 g/mol. The van der Waals surface area contributed by atoms with E-state index in [1.807, 2.05) is 31.2 Å². The van der Waals surface area contributed by atoms with Crippen LogP contribution in [-0.2, 0) is 9.53 Å². The third kappa shape index (κ3) is 4.71. The van der Waals surface area contributed by atoms with Gasteiger partial charge in [0.05, 0.1) is 11.4 Å². The molecule has 1 aromatic rings. The first kappa shape index (κ1) is 14.7. The Morgan fingerprint density at radius 3 is 2.89 bits per heavy atom. The molecule has 1 aliphatic heterocycles. The maximum Gasteiger partial charge on any atom is 0.233 e. The van der Waals surface area contributed by atoms with Crippen LogP contribution in [0.3, 0.4) is 0 Å². The molecule has 1 heterocycles. The number of benzene rings is 1. The van der Waals surface area contributed by atoms with E-state index in [0.29, 0.717) is 11.6 Å². The Morgan fingerprint density at radius 1 is 1.53 bits per heavy atom. The molecule has 0 spiro atoms. The first-order valence-electron chi connectivity index (χ1n) is 6.46. The van der Waals surface area contributed by atoms with Crippen molar-refractivity contribution in [1.82, 2.24) is 5.32 Å². The monoisotopic (exact) mass is 299 g/mol. The lowest BCUT2D eigenvalue weighted by Gasteiger charge is -2.14. The lowest BCUT2D eigenvalue weighted by Crippen LogP contribution is -2.36. The molecule has 2 rings (SSSR count). The minimum atomic E-state index is -0.123. The predicted molar refractivity (Wildman–Crippen MR) is 78.8 cm³/mol. The van der Waals surface area contributed by atoms with E-state index in [9.17, 15) is 4.79 Å². The zero-order chi connectivity index (χ0) is 13.7. The van der Waals surface area contributed by atoms with Gasteiger partial charge in [-0.3, -0.25) is 4.79 Å².